The van der Waals surface area contributed by atoms with Gasteiger partial charge in [0.1, 0.15) is 12.4 Å². The third-order valence-corrected chi connectivity index (χ3v) is 2.69. The summed E-state index contributed by atoms with van der Waals surface area (Å²) in [5.74, 6) is 0.919. The third-order valence-electron chi connectivity index (χ3n) is 2.69. The lowest BCUT2D eigenvalue weighted by Crippen LogP contribution is -2.05. The van der Waals surface area contributed by atoms with Gasteiger partial charge < -0.3 is 10.5 Å². The summed E-state index contributed by atoms with van der Waals surface area (Å²) < 4.78 is 5.65. The van der Waals surface area contributed by atoms with Crippen molar-refractivity contribution in [2.75, 3.05) is 5.73 Å². The Morgan fingerprint density at radius 2 is 1.87 bits per heavy atom. The van der Waals surface area contributed by atoms with Crippen LogP contribution in [-0.2, 0) is 6.61 Å². The molecule has 1 aliphatic heterocycles. The Kier molecular flexibility index (Phi) is 1.68. The lowest BCUT2D eigenvalue weighted by Gasteiger charge is -2.20. The lowest BCUT2D eigenvalue weighted by molar-refractivity contribution is 0.302. The number of ether oxygens (including phenoxy) is 1. The van der Waals surface area contributed by atoms with Crippen LogP contribution in [0.2, 0.25) is 0 Å². The number of nitrogens with two attached hydrogens (primary N) is 1. The molecule has 0 saturated carbocycles. The van der Waals surface area contributed by atoms with Gasteiger partial charge in [-0.2, -0.15) is 0 Å². The molecule has 0 aromatic heterocycles. The van der Waals surface area contributed by atoms with Crippen LogP contribution in [0.25, 0.3) is 11.1 Å². The van der Waals surface area contributed by atoms with Crippen molar-refractivity contribution in [3.8, 4) is 16.9 Å². The van der Waals surface area contributed by atoms with E-state index in [2.05, 4.69) is 12.1 Å². The van der Waals surface area contributed by atoms with E-state index in [-0.39, 0.29) is 0 Å². The van der Waals surface area contributed by atoms with Gasteiger partial charge in [-0.3, -0.25) is 0 Å². The van der Waals surface area contributed by atoms with Gasteiger partial charge in [0, 0.05) is 11.3 Å². The topological polar surface area (TPSA) is 35.2 Å². The summed E-state index contributed by atoms with van der Waals surface area (Å²) in [5.41, 5.74) is 10.1. The van der Waals surface area contributed by atoms with E-state index in [1.54, 1.807) is 0 Å². The van der Waals surface area contributed by atoms with Gasteiger partial charge in [0.05, 0.1) is 0 Å². The van der Waals surface area contributed by atoms with Gasteiger partial charge in [0.25, 0.3) is 0 Å². The maximum Gasteiger partial charge on any atom is 0.127 e. The van der Waals surface area contributed by atoms with Crippen molar-refractivity contribution < 1.29 is 4.74 Å². The van der Waals surface area contributed by atoms with E-state index in [1.165, 1.54) is 11.1 Å². The zero-order valence-electron chi connectivity index (χ0n) is 8.23. The van der Waals surface area contributed by atoms with Crippen LogP contribution in [-0.4, -0.2) is 0 Å². The molecule has 0 fully saturated rings. The summed E-state index contributed by atoms with van der Waals surface area (Å²) in [7, 11) is 0. The Labute approximate surface area is 88.3 Å². The lowest BCUT2D eigenvalue weighted by atomic mass is 9.97. The van der Waals surface area contributed by atoms with E-state index in [0.717, 1.165) is 17.0 Å². The normalized spacial score (nSPS) is 12.5. The van der Waals surface area contributed by atoms with Crippen LogP contribution in [0.1, 0.15) is 5.56 Å². The molecule has 0 atom stereocenters. The highest BCUT2D eigenvalue weighted by atomic mass is 16.5. The highest BCUT2D eigenvalue weighted by molar-refractivity contribution is 5.77. The van der Waals surface area contributed by atoms with Crippen LogP contribution >= 0.6 is 0 Å². The monoisotopic (exact) mass is 197 g/mol. The molecule has 0 amide bonds. The SMILES string of the molecule is Nc1ccc2c(c1)-c1ccccc1CO2. The van der Waals surface area contributed by atoms with Crippen LogP contribution in [0.4, 0.5) is 5.69 Å². The smallest absolute Gasteiger partial charge is 0.127 e. The number of nitrogen functional groups attached to an aromatic ring is 1. The largest absolute Gasteiger partial charge is 0.488 e. The van der Waals surface area contributed by atoms with Gasteiger partial charge in [-0.15, -0.1) is 0 Å². The molecule has 2 nitrogen and oxygen atoms in total. The molecule has 15 heavy (non-hydrogen) atoms. The fraction of sp³-hybridized carbons (Fsp3) is 0.0769. The van der Waals surface area contributed by atoms with Gasteiger partial charge in [-0.05, 0) is 29.3 Å². The Hall–Kier alpha value is -1.96. The molecule has 0 aliphatic carbocycles. The van der Waals surface area contributed by atoms with Gasteiger partial charge >= 0.3 is 0 Å². The Morgan fingerprint density at radius 3 is 2.80 bits per heavy atom. The number of anilines is 1. The predicted molar refractivity (Wildman–Crippen MR) is 60.6 cm³/mol. The zero-order chi connectivity index (χ0) is 10.3. The first-order valence-corrected chi connectivity index (χ1v) is 4.95. The number of hydrogen-bond acceptors (Lipinski definition) is 2. The molecule has 1 aliphatic rings. The summed E-state index contributed by atoms with van der Waals surface area (Å²) in [4.78, 5) is 0. The first kappa shape index (κ1) is 8.36. The number of rotatable bonds is 0. The van der Waals surface area contributed by atoms with Crippen molar-refractivity contribution in [3.63, 3.8) is 0 Å². The molecule has 74 valence electrons. The minimum absolute atomic E-state index is 0.646. The molecule has 2 heteroatoms. The van der Waals surface area contributed by atoms with Gasteiger partial charge in [0.15, 0.2) is 0 Å². The highest BCUT2D eigenvalue weighted by Crippen LogP contribution is 2.38. The van der Waals surface area contributed by atoms with E-state index < -0.39 is 0 Å². The van der Waals surface area contributed by atoms with Crippen LogP contribution < -0.4 is 10.5 Å². The number of benzene rings is 2. The van der Waals surface area contributed by atoms with Gasteiger partial charge in [-0.25, -0.2) is 0 Å². The van der Waals surface area contributed by atoms with E-state index >= 15 is 0 Å². The van der Waals surface area contributed by atoms with Crippen LogP contribution in [0.15, 0.2) is 42.5 Å². The van der Waals surface area contributed by atoms with Crippen molar-refractivity contribution in [1.82, 2.24) is 0 Å². The van der Waals surface area contributed by atoms with E-state index in [1.807, 2.05) is 30.3 Å². The molecule has 0 bridgehead atoms. The van der Waals surface area contributed by atoms with Crippen LogP contribution in [0.5, 0.6) is 5.75 Å². The zero-order valence-corrected chi connectivity index (χ0v) is 8.23. The van der Waals surface area contributed by atoms with Gasteiger partial charge in [-0.1, -0.05) is 24.3 Å². The second-order valence-electron chi connectivity index (χ2n) is 3.70. The number of fused-ring (bicyclic) bond motifs is 3. The van der Waals surface area contributed by atoms with Crippen molar-refractivity contribution >= 4 is 5.69 Å². The second-order valence-corrected chi connectivity index (χ2v) is 3.70. The summed E-state index contributed by atoms with van der Waals surface area (Å²) >= 11 is 0. The van der Waals surface area contributed by atoms with Crippen LogP contribution in [0, 0.1) is 0 Å². The molecule has 2 aromatic carbocycles. The number of hydrogen-bond donors (Lipinski definition) is 1. The summed E-state index contributed by atoms with van der Waals surface area (Å²) in [5, 5.41) is 0. The van der Waals surface area contributed by atoms with E-state index in [9.17, 15) is 0 Å². The first-order chi connectivity index (χ1) is 7.34. The fourth-order valence-corrected chi connectivity index (χ4v) is 1.95. The maximum absolute atomic E-state index is 5.78. The molecule has 0 saturated heterocycles. The standard InChI is InChI=1S/C13H11NO/c14-10-5-6-13-12(7-10)11-4-2-1-3-9(11)8-15-13/h1-7H,8,14H2. The third kappa shape index (κ3) is 1.26. The summed E-state index contributed by atoms with van der Waals surface area (Å²) in [6.07, 6.45) is 0. The Bertz CT molecular complexity index is 520. The van der Waals surface area contributed by atoms with Crippen molar-refractivity contribution in [1.29, 1.82) is 0 Å². The Balaban J connectivity index is 2.28. The molecule has 1 heterocycles. The summed E-state index contributed by atoms with van der Waals surface area (Å²) in [6, 6.07) is 14.0. The van der Waals surface area contributed by atoms with Crippen molar-refractivity contribution in [3.05, 3.63) is 48.0 Å². The van der Waals surface area contributed by atoms with E-state index in [4.69, 9.17) is 10.5 Å². The quantitative estimate of drug-likeness (QED) is 0.659. The predicted octanol–water partition coefficient (Wildman–Crippen LogP) is 2.83. The van der Waals surface area contributed by atoms with Crippen molar-refractivity contribution in [2.24, 2.45) is 0 Å². The molecular formula is C13H11NO. The molecular weight excluding hydrogens is 186 g/mol. The maximum atomic E-state index is 5.78. The molecule has 0 spiro atoms. The van der Waals surface area contributed by atoms with Gasteiger partial charge in [0.2, 0.25) is 0 Å². The first-order valence-electron chi connectivity index (χ1n) is 4.95. The van der Waals surface area contributed by atoms with E-state index in [0.29, 0.717) is 6.61 Å². The second kappa shape index (κ2) is 3.02. The molecule has 2 aromatic rings. The molecule has 0 radical (unpaired) electrons. The van der Waals surface area contributed by atoms with Crippen LogP contribution in [0.3, 0.4) is 0 Å². The highest BCUT2D eigenvalue weighted by Gasteiger charge is 2.16. The fourth-order valence-electron chi connectivity index (χ4n) is 1.95. The minimum Gasteiger partial charge on any atom is -0.488 e. The molecule has 2 N–H and O–H groups in total. The Morgan fingerprint density at radius 1 is 1.00 bits per heavy atom. The average molecular weight is 197 g/mol. The average Bonchev–Trinajstić information content (AvgIpc) is 2.29. The van der Waals surface area contributed by atoms with Crippen molar-refractivity contribution in [2.45, 2.75) is 6.61 Å². The molecule has 3 rings (SSSR count). The minimum atomic E-state index is 0.646. The summed E-state index contributed by atoms with van der Waals surface area (Å²) in [6.45, 7) is 0.646. The molecule has 0 unspecified atom stereocenters.